The van der Waals surface area contributed by atoms with Gasteiger partial charge in [-0.05, 0) is 37.0 Å². The van der Waals surface area contributed by atoms with Crippen molar-refractivity contribution >= 4 is 11.8 Å². The van der Waals surface area contributed by atoms with Crippen molar-refractivity contribution in [1.29, 1.82) is 0 Å². The lowest BCUT2D eigenvalue weighted by molar-refractivity contribution is -0.127. The molecule has 2 N–H and O–H groups in total. The Labute approximate surface area is 136 Å². The lowest BCUT2D eigenvalue weighted by Gasteiger charge is -2.20. The highest BCUT2D eigenvalue weighted by Crippen LogP contribution is 2.19. The zero-order chi connectivity index (χ0) is 16.7. The Bertz CT molecular complexity index is 569. The van der Waals surface area contributed by atoms with E-state index in [-0.39, 0.29) is 42.6 Å². The average molecular weight is 318 g/mol. The van der Waals surface area contributed by atoms with Crippen LogP contribution >= 0.6 is 0 Å². The van der Waals surface area contributed by atoms with Gasteiger partial charge in [-0.25, -0.2) is 4.39 Å². The zero-order valence-corrected chi connectivity index (χ0v) is 13.3. The number of hydrogen-bond acceptors (Lipinski definition) is 2. The number of halogens is 1. The zero-order valence-electron chi connectivity index (χ0n) is 13.3. The molecule has 124 valence electrons. The number of rotatable bonds is 2. The van der Waals surface area contributed by atoms with E-state index in [1.165, 1.54) is 12.1 Å². The van der Waals surface area contributed by atoms with E-state index in [9.17, 15) is 14.0 Å². The van der Waals surface area contributed by atoms with Gasteiger partial charge in [-0.3, -0.25) is 9.59 Å². The summed E-state index contributed by atoms with van der Waals surface area (Å²) in [7, 11) is 0. The minimum atomic E-state index is -0.300. The molecule has 0 bridgehead atoms. The second kappa shape index (κ2) is 8.46. The Morgan fingerprint density at radius 3 is 2.26 bits per heavy atom. The summed E-state index contributed by atoms with van der Waals surface area (Å²) in [5.74, 6) is -0.568. The molecule has 1 aromatic carbocycles. The first-order valence-corrected chi connectivity index (χ1v) is 8.07. The van der Waals surface area contributed by atoms with Gasteiger partial charge in [0.1, 0.15) is 5.82 Å². The van der Waals surface area contributed by atoms with Gasteiger partial charge in [-0.2, -0.15) is 0 Å². The largest absolute Gasteiger partial charge is 0.353 e. The van der Waals surface area contributed by atoms with Crippen molar-refractivity contribution in [2.75, 3.05) is 0 Å². The summed E-state index contributed by atoms with van der Waals surface area (Å²) in [6, 6.07) is 6.04. The topological polar surface area (TPSA) is 58.2 Å². The van der Waals surface area contributed by atoms with Gasteiger partial charge in [-0.15, -0.1) is 0 Å². The van der Waals surface area contributed by atoms with Crippen LogP contribution in [0.25, 0.3) is 0 Å². The second-order valence-electron chi connectivity index (χ2n) is 5.79. The summed E-state index contributed by atoms with van der Waals surface area (Å²) >= 11 is 0. The fourth-order valence-corrected chi connectivity index (χ4v) is 2.59. The molecule has 0 saturated heterocycles. The summed E-state index contributed by atoms with van der Waals surface area (Å²) in [6.45, 7) is 2.03. The van der Waals surface area contributed by atoms with Gasteiger partial charge in [0, 0.05) is 18.9 Å². The summed E-state index contributed by atoms with van der Waals surface area (Å²) in [4.78, 5) is 23.9. The van der Waals surface area contributed by atoms with Gasteiger partial charge in [0.2, 0.25) is 11.8 Å². The molecular formula is C18H23FN2O2. The number of nitrogens with one attached hydrogen (secondary N) is 2. The van der Waals surface area contributed by atoms with E-state index in [0.717, 1.165) is 18.4 Å². The van der Waals surface area contributed by atoms with Gasteiger partial charge < -0.3 is 10.6 Å². The van der Waals surface area contributed by atoms with Gasteiger partial charge in [-0.1, -0.05) is 31.2 Å². The molecule has 0 aromatic heterocycles. The Morgan fingerprint density at radius 1 is 1.00 bits per heavy atom. The lowest BCUT2D eigenvalue weighted by Crippen LogP contribution is -2.36. The van der Waals surface area contributed by atoms with Gasteiger partial charge in [0.15, 0.2) is 0 Å². The van der Waals surface area contributed by atoms with Crippen molar-refractivity contribution in [2.24, 2.45) is 0 Å². The fraction of sp³-hybridized carbons (Fsp3) is 0.444. The number of hydrogen-bond donors (Lipinski definition) is 2. The van der Waals surface area contributed by atoms with Crippen molar-refractivity contribution in [3.63, 3.8) is 0 Å². The van der Waals surface area contributed by atoms with Crippen LogP contribution in [0.2, 0.25) is 0 Å². The molecule has 2 atom stereocenters. The third kappa shape index (κ3) is 5.51. The van der Waals surface area contributed by atoms with Crippen LogP contribution in [0.5, 0.6) is 0 Å². The molecule has 0 spiro atoms. The standard InChI is InChI=1S/C18H23FN2O2/c1-2-15-5-3-4-6-16(13-7-9-14(19)10-8-13)21-18(23)12-11-17(22)20-15/h3-4,7-10,15-16H,2,5-6,11-12H2,1H3,(H,20,22)(H,21,23)/b4-3-/t15-,16+/m0/s1. The summed E-state index contributed by atoms with van der Waals surface area (Å²) < 4.78 is 13.1. The fourth-order valence-electron chi connectivity index (χ4n) is 2.59. The molecule has 1 aliphatic heterocycles. The molecule has 0 aliphatic carbocycles. The van der Waals surface area contributed by atoms with E-state index < -0.39 is 0 Å². The lowest BCUT2D eigenvalue weighted by atomic mass is 10.0. The smallest absolute Gasteiger partial charge is 0.221 e. The van der Waals surface area contributed by atoms with Crippen molar-refractivity contribution in [3.8, 4) is 0 Å². The third-order valence-corrected chi connectivity index (χ3v) is 4.00. The molecule has 1 heterocycles. The minimum absolute atomic E-state index is 0.0979. The van der Waals surface area contributed by atoms with Gasteiger partial charge >= 0.3 is 0 Å². The first kappa shape index (κ1) is 17.2. The molecule has 4 nitrogen and oxygen atoms in total. The molecule has 2 amide bonds. The number of amides is 2. The van der Waals surface area contributed by atoms with Crippen LogP contribution in [0, 0.1) is 5.82 Å². The van der Waals surface area contributed by atoms with Crippen molar-refractivity contribution in [2.45, 2.75) is 51.1 Å². The highest BCUT2D eigenvalue weighted by Gasteiger charge is 2.16. The molecule has 1 aliphatic rings. The first-order valence-electron chi connectivity index (χ1n) is 8.07. The molecule has 0 unspecified atom stereocenters. The minimum Gasteiger partial charge on any atom is -0.353 e. The number of carbonyl (C=O) groups is 2. The Morgan fingerprint density at radius 2 is 1.61 bits per heavy atom. The maximum Gasteiger partial charge on any atom is 0.221 e. The SMILES string of the molecule is CC[C@H]1C/C=C\C[C@H](c2ccc(F)cc2)NC(=O)CCC(=O)N1. The van der Waals surface area contributed by atoms with Crippen LogP contribution in [0.4, 0.5) is 4.39 Å². The van der Waals surface area contributed by atoms with Gasteiger partial charge in [0.05, 0.1) is 6.04 Å². The quantitative estimate of drug-likeness (QED) is 0.824. The number of benzene rings is 1. The predicted molar refractivity (Wildman–Crippen MR) is 87.1 cm³/mol. The molecule has 2 rings (SSSR count). The monoisotopic (exact) mass is 318 g/mol. The molecular weight excluding hydrogens is 295 g/mol. The van der Waals surface area contributed by atoms with E-state index in [1.807, 2.05) is 19.1 Å². The Balaban J connectivity index is 2.14. The summed E-state index contributed by atoms with van der Waals surface area (Å²) in [5.41, 5.74) is 0.859. The van der Waals surface area contributed by atoms with Gasteiger partial charge in [0.25, 0.3) is 0 Å². The van der Waals surface area contributed by atoms with Crippen LogP contribution in [0.15, 0.2) is 36.4 Å². The molecule has 0 saturated carbocycles. The third-order valence-electron chi connectivity index (χ3n) is 4.00. The van der Waals surface area contributed by atoms with Crippen molar-refractivity contribution in [3.05, 3.63) is 47.8 Å². The van der Waals surface area contributed by atoms with E-state index in [0.29, 0.717) is 6.42 Å². The van der Waals surface area contributed by atoms with E-state index >= 15 is 0 Å². The van der Waals surface area contributed by atoms with Crippen LogP contribution in [0.1, 0.15) is 50.6 Å². The highest BCUT2D eigenvalue weighted by molar-refractivity contribution is 5.84. The van der Waals surface area contributed by atoms with E-state index in [4.69, 9.17) is 0 Å². The molecule has 0 radical (unpaired) electrons. The highest BCUT2D eigenvalue weighted by atomic mass is 19.1. The number of carbonyl (C=O) groups excluding carboxylic acids is 2. The molecule has 1 aromatic rings. The van der Waals surface area contributed by atoms with Crippen LogP contribution < -0.4 is 10.6 Å². The normalized spacial score (nSPS) is 24.8. The van der Waals surface area contributed by atoms with E-state index in [2.05, 4.69) is 10.6 Å². The molecule has 0 fully saturated rings. The van der Waals surface area contributed by atoms with E-state index in [1.54, 1.807) is 12.1 Å². The Kier molecular flexibility index (Phi) is 6.32. The predicted octanol–water partition coefficient (Wildman–Crippen LogP) is 3.01. The average Bonchev–Trinajstić information content (AvgIpc) is 2.54. The summed E-state index contributed by atoms with van der Waals surface area (Å²) in [5, 5.41) is 5.87. The summed E-state index contributed by atoms with van der Waals surface area (Å²) in [6.07, 6.45) is 6.63. The Hall–Kier alpha value is -2.17. The van der Waals surface area contributed by atoms with Crippen molar-refractivity contribution < 1.29 is 14.0 Å². The molecule has 23 heavy (non-hydrogen) atoms. The second-order valence-corrected chi connectivity index (χ2v) is 5.79. The maximum absolute atomic E-state index is 13.1. The molecule has 5 heteroatoms. The van der Waals surface area contributed by atoms with Crippen LogP contribution in [-0.4, -0.2) is 17.9 Å². The first-order chi connectivity index (χ1) is 11.1. The van der Waals surface area contributed by atoms with Crippen LogP contribution in [0.3, 0.4) is 0 Å². The van der Waals surface area contributed by atoms with Crippen molar-refractivity contribution in [1.82, 2.24) is 10.6 Å². The maximum atomic E-state index is 13.1. The van der Waals surface area contributed by atoms with Crippen LogP contribution in [-0.2, 0) is 9.59 Å².